The van der Waals surface area contributed by atoms with Crippen molar-refractivity contribution >= 4 is 0 Å². The number of aryl methyl sites for hydroxylation is 1. The van der Waals surface area contributed by atoms with Gasteiger partial charge in [-0.1, -0.05) is 0 Å². The minimum absolute atomic E-state index is 0.709. The number of hydrogen-bond acceptors (Lipinski definition) is 4. The van der Waals surface area contributed by atoms with Crippen molar-refractivity contribution in [1.82, 2.24) is 19.8 Å². The highest BCUT2D eigenvalue weighted by Crippen LogP contribution is 2.07. The average molecular weight is 153 g/mol. The first-order chi connectivity index (χ1) is 5.27. The predicted octanol–water partition coefficient (Wildman–Crippen LogP) is -0.724. The molecule has 0 bridgehead atoms. The summed E-state index contributed by atoms with van der Waals surface area (Å²) in [5, 5.41) is 9.71. The van der Waals surface area contributed by atoms with Crippen molar-refractivity contribution in [1.29, 1.82) is 0 Å². The monoisotopic (exact) mass is 153 g/mol. The lowest BCUT2D eigenvalue weighted by atomic mass is 10.4. The number of nitrogens with two attached hydrogens (primary N) is 1. The number of hydrazine groups is 1. The number of hydrogen-bond donors (Lipinski definition) is 1. The summed E-state index contributed by atoms with van der Waals surface area (Å²) >= 11 is 0. The fourth-order valence-corrected chi connectivity index (χ4v) is 1.32. The molecule has 0 unspecified atom stereocenters. The van der Waals surface area contributed by atoms with E-state index in [0.29, 0.717) is 6.54 Å². The Hall–Kier alpha value is -0.940. The second-order valence-electron chi connectivity index (χ2n) is 2.79. The maximum atomic E-state index is 5.61. The highest BCUT2D eigenvalue weighted by molar-refractivity contribution is 4.96. The van der Waals surface area contributed by atoms with Gasteiger partial charge in [0.2, 0.25) is 0 Å². The van der Waals surface area contributed by atoms with E-state index in [1.54, 1.807) is 5.01 Å². The zero-order valence-corrected chi connectivity index (χ0v) is 6.49. The van der Waals surface area contributed by atoms with Crippen LogP contribution in [-0.2, 0) is 13.1 Å². The first-order valence-electron chi connectivity index (χ1n) is 3.65. The summed E-state index contributed by atoms with van der Waals surface area (Å²) in [6, 6.07) is 0. The van der Waals surface area contributed by atoms with Gasteiger partial charge in [-0.15, -0.1) is 10.2 Å². The number of fused-ring (bicyclic) bond motifs is 1. The van der Waals surface area contributed by atoms with Crippen molar-refractivity contribution in [2.45, 2.75) is 20.0 Å². The van der Waals surface area contributed by atoms with Crippen molar-refractivity contribution in [2.75, 3.05) is 6.54 Å². The molecular weight excluding hydrogens is 142 g/mol. The lowest BCUT2D eigenvalue weighted by molar-refractivity contribution is 0.221. The second-order valence-corrected chi connectivity index (χ2v) is 2.79. The normalized spacial score (nSPS) is 18.4. The minimum atomic E-state index is 0.709. The molecule has 5 heteroatoms. The number of rotatable bonds is 0. The Morgan fingerprint density at radius 2 is 2.18 bits per heavy atom. The van der Waals surface area contributed by atoms with Gasteiger partial charge in [-0.25, -0.2) is 5.01 Å². The Morgan fingerprint density at radius 1 is 1.36 bits per heavy atom. The lowest BCUT2D eigenvalue weighted by Crippen LogP contribution is -2.38. The average Bonchev–Trinajstić information content (AvgIpc) is 2.32. The van der Waals surface area contributed by atoms with Crippen molar-refractivity contribution in [3.63, 3.8) is 0 Å². The Balaban J connectivity index is 2.36. The van der Waals surface area contributed by atoms with E-state index in [-0.39, 0.29) is 0 Å². The Labute approximate surface area is 64.8 Å². The minimum Gasteiger partial charge on any atom is -0.313 e. The van der Waals surface area contributed by atoms with E-state index in [0.717, 1.165) is 24.7 Å². The zero-order chi connectivity index (χ0) is 7.84. The first-order valence-corrected chi connectivity index (χ1v) is 3.65. The van der Waals surface area contributed by atoms with Crippen molar-refractivity contribution in [3.05, 3.63) is 11.6 Å². The van der Waals surface area contributed by atoms with Gasteiger partial charge >= 0.3 is 0 Å². The van der Waals surface area contributed by atoms with Gasteiger partial charge in [0.1, 0.15) is 11.6 Å². The lowest BCUT2D eigenvalue weighted by Gasteiger charge is -2.22. The van der Waals surface area contributed by atoms with E-state index < -0.39 is 0 Å². The maximum Gasteiger partial charge on any atom is 0.148 e. The fraction of sp³-hybridized carbons (Fsp3) is 0.667. The molecule has 1 aromatic heterocycles. The van der Waals surface area contributed by atoms with Crippen molar-refractivity contribution < 1.29 is 0 Å². The van der Waals surface area contributed by atoms with Crippen LogP contribution in [0.4, 0.5) is 0 Å². The number of nitrogens with zero attached hydrogens (tertiary/aromatic N) is 4. The summed E-state index contributed by atoms with van der Waals surface area (Å²) in [5.74, 6) is 7.56. The third-order valence-electron chi connectivity index (χ3n) is 1.97. The molecule has 2 rings (SSSR count). The molecule has 11 heavy (non-hydrogen) atoms. The molecule has 60 valence electrons. The van der Waals surface area contributed by atoms with Crippen LogP contribution in [-0.4, -0.2) is 26.3 Å². The first kappa shape index (κ1) is 6.75. The van der Waals surface area contributed by atoms with Gasteiger partial charge in [0.05, 0.1) is 6.54 Å². The van der Waals surface area contributed by atoms with Gasteiger partial charge < -0.3 is 4.57 Å². The van der Waals surface area contributed by atoms with E-state index in [1.165, 1.54) is 0 Å². The summed E-state index contributed by atoms with van der Waals surface area (Å²) in [6.45, 7) is 4.46. The fourth-order valence-electron chi connectivity index (χ4n) is 1.32. The van der Waals surface area contributed by atoms with E-state index in [9.17, 15) is 0 Å². The highest BCUT2D eigenvalue weighted by Gasteiger charge is 2.16. The van der Waals surface area contributed by atoms with Crippen LogP contribution in [0.2, 0.25) is 0 Å². The molecule has 0 radical (unpaired) electrons. The molecule has 0 atom stereocenters. The van der Waals surface area contributed by atoms with Crippen LogP contribution >= 0.6 is 0 Å². The van der Waals surface area contributed by atoms with Crippen LogP contribution in [0.3, 0.4) is 0 Å². The molecule has 0 amide bonds. The molecule has 1 aliphatic heterocycles. The van der Waals surface area contributed by atoms with Gasteiger partial charge in [0, 0.05) is 13.1 Å². The highest BCUT2D eigenvalue weighted by atomic mass is 15.4. The zero-order valence-electron chi connectivity index (χ0n) is 6.49. The molecule has 5 nitrogen and oxygen atoms in total. The van der Waals surface area contributed by atoms with Gasteiger partial charge in [-0.2, -0.15) is 0 Å². The molecule has 0 aliphatic carbocycles. The molecule has 0 saturated carbocycles. The third kappa shape index (κ3) is 1.02. The SMILES string of the molecule is Cc1nnc2n1CCN(N)C2. The quantitative estimate of drug-likeness (QED) is 0.499. The molecule has 0 saturated heterocycles. The molecule has 2 N–H and O–H groups in total. The predicted molar refractivity (Wildman–Crippen MR) is 39.4 cm³/mol. The van der Waals surface area contributed by atoms with E-state index >= 15 is 0 Å². The van der Waals surface area contributed by atoms with Gasteiger partial charge in [0.15, 0.2) is 0 Å². The van der Waals surface area contributed by atoms with Crippen LogP contribution < -0.4 is 5.84 Å². The van der Waals surface area contributed by atoms with Gasteiger partial charge in [0.25, 0.3) is 0 Å². The summed E-state index contributed by atoms with van der Waals surface area (Å²) in [4.78, 5) is 0. The molecule has 0 aromatic carbocycles. The molecule has 2 heterocycles. The Bertz CT molecular complexity index is 266. The summed E-state index contributed by atoms with van der Waals surface area (Å²) in [6.07, 6.45) is 0. The molecule has 1 aromatic rings. The molecular formula is C6H11N5. The van der Waals surface area contributed by atoms with Gasteiger partial charge in [-0.05, 0) is 6.92 Å². The number of aromatic nitrogens is 3. The van der Waals surface area contributed by atoms with Crippen molar-refractivity contribution in [2.24, 2.45) is 5.84 Å². The summed E-state index contributed by atoms with van der Waals surface area (Å²) in [5.41, 5.74) is 0. The van der Waals surface area contributed by atoms with E-state index in [1.807, 2.05) is 6.92 Å². The van der Waals surface area contributed by atoms with Gasteiger partial charge in [-0.3, -0.25) is 5.84 Å². The maximum absolute atomic E-state index is 5.61. The summed E-state index contributed by atoms with van der Waals surface area (Å²) in [7, 11) is 0. The second kappa shape index (κ2) is 2.28. The van der Waals surface area contributed by atoms with Crippen LogP contribution in [0.5, 0.6) is 0 Å². The van der Waals surface area contributed by atoms with E-state index in [2.05, 4.69) is 14.8 Å². The van der Waals surface area contributed by atoms with Crippen LogP contribution in [0.1, 0.15) is 11.6 Å². The molecule has 0 fully saturated rings. The topological polar surface area (TPSA) is 60.0 Å². The Morgan fingerprint density at radius 3 is 3.00 bits per heavy atom. The standard InChI is InChI=1S/C6H11N5/c1-5-8-9-6-4-10(7)2-3-11(5)6/h2-4,7H2,1H3. The molecule has 0 spiro atoms. The van der Waals surface area contributed by atoms with E-state index in [4.69, 9.17) is 5.84 Å². The van der Waals surface area contributed by atoms with Crippen LogP contribution in [0, 0.1) is 6.92 Å². The van der Waals surface area contributed by atoms with Crippen molar-refractivity contribution in [3.8, 4) is 0 Å². The largest absolute Gasteiger partial charge is 0.313 e. The molecule has 1 aliphatic rings. The summed E-state index contributed by atoms with van der Waals surface area (Å²) < 4.78 is 2.10. The van der Waals surface area contributed by atoms with Crippen LogP contribution in [0.15, 0.2) is 0 Å². The Kier molecular flexibility index (Phi) is 1.40. The third-order valence-corrected chi connectivity index (χ3v) is 1.97. The van der Waals surface area contributed by atoms with Crippen LogP contribution in [0.25, 0.3) is 0 Å². The smallest absolute Gasteiger partial charge is 0.148 e.